The summed E-state index contributed by atoms with van der Waals surface area (Å²) in [4.78, 5) is 13.3. The topological polar surface area (TPSA) is 44.7 Å². The van der Waals surface area contributed by atoms with Crippen LogP contribution in [0.1, 0.15) is 37.8 Å². The Morgan fingerprint density at radius 3 is 2.32 bits per heavy atom. The van der Waals surface area contributed by atoms with Crippen molar-refractivity contribution in [2.45, 2.75) is 32.2 Å². The smallest absolute Gasteiger partial charge is 0.263 e. The molecule has 0 aromatic heterocycles. The lowest BCUT2D eigenvalue weighted by Crippen LogP contribution is -2.61. The minimum Gasteiger partial charge on any atom is -0.263 e. The monoisotopic (exact) mass is 479 g/mol. The molecule has 2 aromatic rings. The van der Waals surface area contributed by atoms with Gasteiger partial charge >= 0.3 is 5.91 Å². The van der Waals surface area contributed by atoms with Gasteiger partial charge in [0.2, 0.25) is 0 Å². The highest BCUT2D eigenvalue weighted by Crippen LogP contribution is 2.42. The minimum absolute atomic E-state index is 0.136. The van der Waals surface area contributed by atoms with Crippen LogP contribution in [0.15, 0.2) is 47.6 Å². The fraction of sp³-hybridized carbons (Fsp3) is 0.391. The standard InChI is InChI=1S/C23H25Cl3N4O/c1-15-21(23(31)28-30(2)12-4-3-5-13-30)27-29(20-11-10-18(25)14-19(20)26)22(15)16-6-8-17(24)9-7-16/h6-11,14-15,22H,3-5,12-13H2,1-2H3/p+1. The average Bonchev–Trinajstić information content (AvgIpc) is 3.06. The molecule has 2 aliphatic rings. The second-order valence-electron chi connectivity index (χ2n) is 8.56. The second-order valence-corrected chi connectivity index (χ2v) is 9.84. The van der Waals surface area contributed by atoms with E-state index in [1.807, 2.05) is 42.3 Å². The van der Waals surface area contributed by atoms with Crippen molar-refractivity contribution in [3.8, 4) is 0 Å². The molecule has 1 N–H and O–H groups in total. The van der Waals surface area contributed by atoms with Gasteiger partial charge in [-0.15, -0.1) is 0 Å². The van der Waals surface area contributed by atoms with Crippen LogP contribution in [0.4, 0.5) is 5.69 Å². The SMILES string of the molecule is CC1C(C(=O)N[N+]2(C)CCCCC2)=NN(c2ccc(Cl)cc2Cl)C1c1ccc(Cl)cc1. The van der Waals surface area contributed by atoms with Crippen molar-refractivity contribution in [1.29, 1.82) is 0 Å². The zero-order valence-electron chi connectivity index (χ0n) is 17.6. The number of piperidine rings is 1. The minimum atomic E-state index is -0.191. The summed E-state index contributed by atoms with van der Waals surface area (Å²) in [6.45, 7) is 3.89. The van der Waals surface area contributed by atoms with Crippen molar-refractivity contribution in [3.05, 3.63) is 63.1 Å². The molecule has 5 nitrogen and oxygen atoms in total. The Bertz CT molecular complexity index is 1000. The lowest BCUT2D eigenvalue weighted by atomic mass is 9.91. The van der Waals surface area contributed by atoms with Crippen LogP contribution in [-0.2, 0) is 4.79 Å². The van der Waals surface area contributed by atoms with E-state index in [-0.39, 0.29) is 17.9 Å². The maximum Gasteiger partial charge on any atom is 0.312 e. The first kappa shape index (κ1) is 22.4. The van der Waals surface area contributed by atoms with Crippen molar-refractivity contribution < 1.29 is 9.39 Å². The Morgan fingerprint density at radius 2 is 1.68 bits per heavy atom. The highest BCUT2D eigenvalue weighted by molar-refractivity contribution is 6.40. The van der Waals surface area contributed by atoms with E-state index in [2.05, 4.69) is 12.5 Å². The molecule has 2 atom stereocenters. The lowest BCUT2D eigenvalue weighted by Gasteiger charge is -2.36. The Labute approximate surface area is 198 Å². The summed E-state index contributed by atoms with van der Waals surface area (Å²) in [7, 11) is 2.07. The molecule has 0 spiro atoms. The number of hydrogen-bond donors (Lipinski definition) is 1. The molecule has 1 saturated heterocycles. The summed E-state index contributed by atoms with van der Waals surface area (Å²) in [5.41, 5.74) is 5.42. The highest BCUT2D eigenvalue weighted by atomic mass is 35.5. The predicted octanol–water partition coefficient (Wildman–Crippen LogP) is 5.86. The molecule has 8 heteroatoms. The normalized spacial score (nSPS) is 22.9. The Balaban J connectivity index is 1.70. The van der Waals surface area contributed by atoms with Gasteiger partial charge < -0.3 is 0 Å². The number of quaternary nitrogens is 1. The van der Waals surface area contributed by atoms with Gasteiger partial charge in [-0.05, 0) is 55.2 Å². The summed E-state index contributed by atoms with van der Waals surface area (Å²) >= 11 is 18.7. The molecule has 2 unspecified atom stereocenters. The van der Waals surface area contributed by atoms with Crippen molar-refractivity contribution >= 4 is 52.1 Å². The van der Waals surface area contributed by atoms with Gasteiger partial charge in [0.1, 0.15) is 18.8 Å². The fourth-order valence-electron chi connectivity index (χ4n) is 4.47. The molecular weight excluding hydrogens is 455 g/mol. The molecule has 4 rings (SSSR count). The molecule has 1 fully saturated rings. The van der Waals surface area contributed by atoms with E-state index in [0.717, 1.165) is 31.5 Å². The summed E-state index contributed by atoms with van der Waals surface area (Å²) in [5, 5.41) is 8.30. The van der Waals surface area contributed by atoms with Crippen LogP contribution in [0.25, 0.3) is 0 Å². The van der Waals surface area contributed by atoms with Crippen LogP contribution >= 0.6 is 34.8 Å². The molecule has 0 aliphatic carbocycles. The first-order valence-corrected chi connectivity index (χ1v) is 11.7. The van der Waals surface area contributed by atoms with Crippen LogP contribution in [0.5, 0.6) is 0 Å². The maximum atomic E-state index is 13.3. The van der Waals surface area contributed by atoms with Gasteiger partial charge in [0, 0.05) is 16.0 Å². The number of carbonyl (C=O) groups is 1. The van der Waals surface area contributed by atoms with Crippen LogP contribution in [0.2, 0.25) is 15.1 Å². The predicted molar refractivity (Wildman–Crippen MR) is 128 cm³/mol. The third kappa shape index (κ3) is 4.70. The van der Waals surface area contributed by atoms with E-state index in [9.17, 15) is 4.79 Å². The molecule has 31 heavy (non-hydrogen) atoms. The third-order valence-corrected chi connectivity index (χ3v) is 6.95. The molecule has 0 bridgehead atoms. The van der Waals surface area contributed by atoms with Crippen molar-refractivity contribution in [3.63, 3.8) is 0 Å². The number of benzene rings is 2. The highest BCUT2D eigenvalue weighted by Gasteiger charge is 2.42. The zero-order valence-corrected chi connectivity index (χ0v) is 19.9. The van der Waals surface area contributed by atoms with E-state index >= 15 is 0 Å². The van der Waals surface area contributed by atoms with Gasteiger partial charge in [-0.25, -0.2) is 4.59 Å². The van der Waals surface area contributed by atoms with E-state index in [1.54, 1.807) is 12.1 Å². The summed E-state index contributed by atoms with van der Waals surface area (Å²) < 4.78 is 0.540. The van der Waals surface area contributed by atoms with Crippen LogP contribution < -0.4 is 10.4 Å². The van der Waals surface area contributed by atoms with E-state index in [1.165, 1.54) is 6.42 Å². The average molecular weight is 481 g/mol. The van der Waals surface area contributed by atoms with Crippen molar-refractivity contribution in [2.75, 3.05) is 25.1 Å². The summed E-state index contributed by atoms with van der Waals surface area (Å²) in [5.74, 6) is -0.284. The molecule has 2 aromatic carbocycles. The first-order valence-electron chi connectivity index (χ1n) is 10.5. The fourth-order valence-corrected chi connectivity index (χ4v) is 5.09. The van der Waals surface area contributed by atoms with E-state index in [4.69, 9.17) is 39.9 Å². The van der Waals surface area contributed by atoms with Crippen molar-refractivity contribution in [1.82, 2.24) is 5.43 Å². The number of halogens is 3. The van der Waals surface area contributed by atoms with Gasteiger partial charge in [0.15, 0.2) is 0 Å². The number of likely N-dealkylation sites (tertiary alicyclic amines) is 1. The number of hydrazone groups is 1. The van der Waals surface area contributed by atoms with Crippen molar-refractivity contribution in [2.24, 2.45) is 11.0 Å². The quantitative estimate of drug-likeness (QED) is 0.557. The van der Waals surface area contributed by atoms with Gasteiger partial charge in [-0.3, -0.25) is 9.80 Å². The number of hydrogen-bond acceptors (Lipinski definition) is 3. The zero-order chi connectivity index (χ0) is 22.2. The molecule has 2 heterocycles. The van der Waals surface area contributed by atoms with E-state index < -0.39 is 0 Å². The number of carbonyl (C=O) groups excluding carboxylic acids is 1. The summed E-state index contributed by atoms with van der Waals surface area (Å²) in [6.07, 6.45) is 3.43. The van der Waals surface area contributed by atoms with Gasteiger partial charge in [-0.1, -0.05) is 53.9 Å². The summed E-state index contributed by atoms with van der Waals surface area (Å²) in [6, 6.07) is 12.7. The number of nitrogens with zero attached hydrogens (tertiary/aromatic N) is 3. The van der Waals surface area contributed by atoms with Gasteiger partial charge in [0.25, 0.3) is 0 Å². The number of rotatable bonds is 4. The Kier molecular flexibility index (Phi) is 6.50. The largest absolute Gasteiger partial charge is 0.312 e. The Hall–Kier alpha value is -1.79. The lowest BCUT2D eigenvalue weighted by molar-refractivity contribution is -0.947. The van der Waals surface area contributed by atoms with E-state index in [0.29, 0.717) is 31.1 Å². The molecule has 2 aliphatic heterocycles. The third-order valence-electron chi connectivity index (χ3n) is 6.16. The molecule has 0 saturated carbocycles. The van der Waals surface area contributed by atoms with Crippen LogP contribution in [-0.4, -0.2) is 36.3 Å². The molecule has 0 radical (unpaired) electrons. The number of anilines is 1. The maximum absolute atomic E-state index is 13.3. The van der Waals surface area contributed by atoms with Crippen LogP contribution in [0, 0.1) is 5.92 Å². The first-order chi connectivity index (χ1) is 14.8. The van der Waals surface area contributed by atoms with Crippen LogP contribution in [0.3, 0.4) is 0 Å². The second kappa shape index (κ2) is 8.99. The van der Waals surface area contributed by atoms with Gasteiger partial charge in [0.05, 0.1) is 23.8 Å². The Morgan fingerprint density at radius 1 is 1.03 bits per heavy atom. The number of nitrogens with one attached hydrogen (secondary N) is 1. The molecule has 1 amide bonds. The molecule has 164 valence electrons. The molecular formula is C23H26Cl3N4O+. The number of amides is 1. The van der Waals surface area contributed by atoms with Gasteiger partial charge in [-0.2, -0.15) is 10.5 Å².